The second-order valence-corrected chi connectivity index (χ2v) is 3.38. The number of aromatic amines is 1. The van der Waals surface area contributed by atoms with Crippen LogP contribution in [0.25, 0.3) is 0 Å². The quantitative estimate of drug-likeness (QED) is 0.617. The van der Waals surface area contributed by atoms with Gasteiger partial charge in [0.25, 0.3) is 5.91 Å². The number of nitrogens with two attached hydrogens (primary N) is 1. The van der Waals surface area contributed by atoms with Crippen molar-refractivity contribution in [3.63, 3.8) is 0 Å². The number of benzene rings is 1. The van der Waals surface area contributed by atoms with Gasteiger partial charge in [0, 0.05) is 5.69 Å². The first kappa shape index (κ1) is 11.6. The van der Waals surface area contributed by atoms with Crippen molar-refractivity contribution in [3.05, 3.63) is 35.7 Å². The van der Waals surface area contributed by atoms with Gasteiger partial charge in [-0.05, 0) is 18.2 Å². The number of carbonyl (C=O) groups excluding carboxylic acids is 1. The Labute approximate surface area is 101 Å². The highest BCUT2D eigenvalue weighted by Crippen LogP contribution is 2.11. The molecular weight excluding hydrogens is 238 g/mol. The predicted molar refractivity (Wildman–Crippen MR) is 62.1 cm³/mol. The molecule has 0 saturated heterocycles. The number of nitrogens with one attached hydrogen (secondary N) is 2. The van der Waals surface area contributed by atoms with E-state index in [1.54, 1.807) is 6.07 Å². The summed E-state index contributed by atoms with van der Waals surface area (Å²) < 4.78 is 0. The van der Waals surface area contributed by atoms with E-state index in [-0.39, 0.29) is 17.3 Å². The zero-order valence-electron chi connectivity index (χ0n) is 9.04. The summed E-state index contributed by atoms with van der Waals surface area (Å²) in [4.78, 5) is 26.1. The normalized spacial score (nSPS) is 10.0. The number of carboxylic acid groups (broad SMARTS) is 1. The summed E-state index contributed by atoms with van der Waals surface area (Å²) in [5.74, 6) is -1.72. The average molecular weight is 247 g/mol. The molecule has 1 aromatic heterocycles. The fourth-order valence-corrected chi connectivity index (χ4v) is 1.30. The topological polar surface area (TPSA) is 134 Å². The summed E-state index contributed by atoms with van der Waals surface area (Å²) in [6.07, 6.45) is 0. The van der Waals surface area contributed by atoms with Gasteiger partial charge in [-0.15, -0.1) is 5.10 Å². The molecule has 1 heterocycles. The van der Waals surface area contributed by atoms with E-state index in [2.05, 4.69) is 20.5 Å². The van der Waals surface area contributed by atoms with Crippen LogP contribution in [0, 0.1) is 0 Å². The van der Waals surface area contributed by atoms with E-state index in [0.29, 0.717) is 5.69 Å². The molecule has 0 spiro atoms. The van der Waals surface area contributed by atoms with Crippen LogP contribution in [0.4, 0.5) is 11.6 Å². The van der Waals surface area contributed by atoms with Crippen molar-refractivity contribution in [2.24, 2.45) is 0 Å². The molecule has 0 fully saturated rings. The summed E-state index contributed by atoms with van der Waals surface area (Å²) >= 11 is 0. The first-order valence-corrected chi connectivity index (χ1v) is 4.89. The minimum Gasteiger partial charge on any atom is -0.478 e. The number of hydrogen-bond donors (Lipinski definition) is 4. The van der Waals surface area contributed by atoms with Crippen LogP contribution in [0.2, 0.25) is 0 Å². The number of aromatic nitrogens is 3. The van der Waals surface area contributed by atoms with Crippen LogP contribution < -0.4 is 11.1 Å². The highest BCUT2D eigenvalue weighted by atomic mass is 16.4. The van der Waals surface area contributed by atoms with Crippen molar-refractivity contribution in [3.8, 4) is 0 Å². The molecule has 1 amide bonds. The maximum atomic E-state index is 11.7. The molecule has 0 aliphatic heterocycles. The standard InChI is InChI=1S/C10H9N5O3/c11-10-13-7(14-15-10)8(16)12-6-3-1-2-5(4-6)9(17)18/h1-4H,(H,12,16)(H,17,18)(H3,11,13,14,15). The van der Waals surface area contributed by atoms with Gasteiger partial charge in [0.1, 0.15) is 0 Å². The first-order chi connectivity index (χ1) is 8.56. The number of aromatic carboxylic acids is 1. The summed E-state index contributed by atoms with van der Waals surface area (Å²) in [7, 11) is 0. The zero-order chi connectivity index (χ0) is 13.1. The Morgan fingerprint density at radius 1 is 1.39 bits per heavy atom. The van der Waals surface area contributed by atoms with Crippen molar-refractivity contribution in [1.82, 2.24) is 15.2 Å². The third-order valence-electron chi connectivity index (χ3n) is 2.09. The van der Waals surface area contributed by atoms with Gasteiger partial charge < -0.3 is 16.2 Å². The molecule has 92 valence electrons. The summed E-state index contributed by atoms with van der Waals surface area (Å²) in [6.45, 7) is 0. The predicted octanol–water partition coefficient (Wildman–Crippen LogP) is 0.337. The van der Waals surface area contributed by atoms with Gasteiger partial charge in [-0.2, -0.15) is 4.98 Å². The van der Waals surface area contributed by atoms with Crippen LogP contribution in [0.5, 0.6) is 0 Å². The average Bonchev–Trinajstić information content (AvgIpc) is 2.76. The molecule has 2 aromatic rings. The van der Waals surface area contributed by atoms with Crippen molar-refractivity contribution in [2.75, 3.05) is 11.1 Å². The van der Waals surface area contributed by atoms with Crippen LogP contribution in [0.1, 0.15) is 21.0 Å². The Balaban J connectivity index is 2.16. The number of carbonyl (C=O) groups is 2. The third-order valence-corrected chi connectivity index (χ3v) is 2.09. The molecule has 5 N–H and O–H groups in total. The Bertz CT molecular complexity index is 607. The van der Waals surface area contributed by atoms with Crippen LogP contribution >= 0.6 is 0 Å². The maximum absolute atomic E-state index is 11.7. The molecule has 0 saturated carbocycles. The molecule has 0 aliphatic carbocycles. The smallest absolute Gasteiger partial charge is 0.335 e. The number of carboxylic acids is 1. The number of rotatable bonds is 3. The monoisotopic (exact) mass is 247 g/mol. The molecule has 0 radical (unpaired) electrons. The highest BCUT2D eigenvalue weighted by molar-refractivity contribution is 6.02. The molecule has 0 bridgehead atoms. The van der Waals surface area contributed by atoms with Crippen molar-refractivity contribution in [2.45, 2.75) is 0 Å². The fourth-order valence-electron chi connectivity index (χ4n) is 1.30. The van der Waals surface area contributed by atoms with Gasteiger partial charge in [-0.3, -0.25) is 9.89 Å². The van der Waals surface area contributed by atoms with E-state index in [0.717, 1.165) is 0 Å². The first-order valence-electron chi connectivity index (χ1n) is 4.89. The van der Waals surface area contributed by atoms with Crippen LogP contribution in [0.15, 0.2) is 24.3 Å². The SMILES string of the molecule is Nc1n[nH]c(C(=O)Nc2cccc(C(=O)O)c2)n1. The van der Waals surface area contributed by atoms with Gasteiger partial charge in [-0.1, -0.05) is 6.07 Å². The van der Waals surface area contributed by atoms with Gasteiger partial charge in [-0.25, -0.2) is 4.79 Å². The number of nitrogens with zero attached hydrogens (tertiary/aromatic N) is 2. The second-order valence-electron chi connectivity index (χ2n) is 3.38. The summed E-state index contributed by atoms with van der Waals surface area (Å²) in [5, 5.41) is 17.1. The Hall–Kier alpha value is -2.90. The highest BCUT2D eigenvalue weighted by Gasteiger charge is 2.11. The van der Waals surface area contributed by atoms with Crippen molar-refractivity contribution >= 4 is 23.5 Å². The molecule has 0 aliphatic rings. The van der Waals surface area contributed by atoms with E-state index in [1.165, 1.54) is 18.2 Å². The van der Waals surface area contributed by atoms with Crippen molar-refractivity contribution in [1.29, 1.82) is 0 Å². The van der Waals surface area contributed by atoms with Crippen molar-refractivity contribution < 1.29 is 14.7 Å². The Morgan fingerprint density at radius 2 is 2.17 bits per heavy atom. The van der Waals surface area contributed by atoms with Gasteiger partial charge in [0.2, 0.25) is 11.8 Å². The lowest BCUT2D eigenvalue weighted by Gasteiger charge is -2.03. The molecule has 0 atom stereocenters. The number of amides is 1. The van der Waals surface area contributed by atoms with E-state index < -0.39 is 11.9 Å². The second kappa shape index (κ2) is 4.53. The lowest BCUT2D eigenvalue weighted by atomic mass is 10.2. The molecule has 0 unspecified atom stereocenters. The minimum absolute atomic E-state index is 0.0422. The van der Waals surface area contributed by atoms with Gasteiger partial charge >= 0.3 is 5.97 Å². The Kier molecular flexibility index (Phi) is 2.92. The number of anilines is 2. The summed E-state index contributed by atoms with van der Waals surface area (Å²) in [6, 6.07) is 5.84. The number of H-pyrrole nitrogens is 1. The van der Waals surface area contributed by atoms with Crippen LogP contribution in [0.3, 0.4) is 0 Å². The number of nitrogen functional groups attached to an aromatic ring is 1. The lowest BCUT2D eigenvalue weighted by Crippen LogP contribution is -2.14. The number of hydrogen-bond acceptors (Lipinski definition) is 5. The zero-order valence-corrected chi connectivity index (χ0v) is 9.04. The molecule has 8 heteroatoms. The maximum Gasteiger partial charge on any atom is 0.335 e. The van der Waals surface area contributed by atoms with Gasteiger partial charge in [0.15, 0.2) is 0 Å². The third kappa shape index (κ3) is 2.43. The van der Waals surface area contributed by atoms with E-state index in [9.17, 15) is 9.59 Å². The van der Waals surface area contributed by atoms with E-state index >= 15 is 0 Å². The Morgan fingerprint density at radius 3 is 2.78 bits per heavy atom. The van der Waals surface area contributed by atoms with Crippen LogP contribution in [-0.4, -0.2) is 32.2 Å². The van der Waals surface area contributed by atoms with Crippen LogP contribution in [-0.2, 0) is 0 Å². The molecule has 2 rings (SSSR count). The minimum atomic E-state index is -1.07. The summed E-state index contributed by atoms with van der Waals surface area (Å²) in [5.41, 5.74) is 5.68. The molecule has 1 aromatic carbocycles. The molecule has 8 nitrogen and oxygen atoms in total. The lowest BCUT2D eigenvalue weighted by molar-refractivity contribution is 0.0696. The van der Waals surface area contributed by atoms with E-state index in [1.807, 2.05) is 0 Å². The molecular formula is C10H9N5O3. The van der Waals surface area contributed by atoms with E-state index in [4.69, 9.17) is 10.8 Å². The molecule has 18 heavy (non-hydrogen) atoms. The fraction of sp³-hybridized carbons (Fsp3) is 0. The van der Waals surface area contributed by atoms with Gasteiger partial charge in [0.05, 0.1) is 5.56 Å². The largest absolute Gasteiger partial charge is 0.478 e.